The van der Waals surface area contributed by atoms with Crippen molar-refractivity contribution in [2.24, 2.45) is 0 Å². The molecule has 1 aliphatic heterocycles. The van der Waals surface area contributed by atoms with Crippen molar-refractivity contribution in [3.63, 3.8) is 0 Å². The first-order valence-corrected chi connectivity index (χ1v) is 7.05. The number of nitrogens with one attached hydrogen (secondary N) is 1. The summed E-state index contributed by atoms with van der Waals surface area (Å²) >= 11 is 1.76. The van der Waals surface area contributed by atoms with Gasteiger partial charge in [-0.3, -0.25) is 10.1 Å². The number of methoxy groups -OCH3 is 1. The molecular weight excluding hydrogens is 248 g/mol. The predicted octanol–water partition coefficient (Wildman–Crippen LogP) is 1.32. The topological polar surface area (TPSA) is 41.6 Å². The fraction of sp³-hybridized carbons (Fsp3) is 0.462. The number of likely N-dealkylation sites (N-methyl/N-ethyl adjacent to an activating group) is 1. The fourth-order valence-electron chi connectivity index (χ4n) is 1.94. The van der Waals surface area contributed by atoms with Gasteiger partial charge in [-0.25, -0.2) is 0 Å². The smallest absolute Gasteiger partial charge is 0.240 e. The molecule has 1 fully saturated rings. The van der Waals surface area contributed by atoms with Gasteiger partial charge in [0, 0.05) is 25.2 Å². The molecule has 1 amide bonds. The van der Waals surface area contributed by atoms with Crippen LogP contribution in [0.5, 0.6) is 5.75 Å². The number of amides is 1. The summed E-state index contributed by atoms with van der Waals surface area (Å²) in [4.78, 5) is 13.9. The van der Waals surface area contributed by atoms with Crippen molar-refractivity contribution in [3.8, 4) is 5.75 Å². The largest absolute Gasteiger partial charge is 0.497 e. The maximum absolute atomic E-state index is 12.1. The maximum atomic E-state index is 12.1. The summed E-state index contributed by atoms with van der Waals surface area (Å²) in [5.74, 6) is 2.70. The lowest BCUT2D eigenvalue weighted by Gasteiger charge is -2.21. The van der Waals surface area contributed by atoms with E-state index in [1.165, 1.54) is 0 Å². The molecule has 1 heterocycles. The van der Waals surface area contributed by atoms with Crippen LogP contribution in [0, 0.1) is 0 Å². The van der Waals surface area contributed by atoms with Crippen LogP contribution in [0.3, 0.4) is 0 Å². The molecule has 0 aromatic heterocycles. The molecule has 0 aliphatic carbocycles. The van der Waals surface area contributed by atoms with E-state index in [0.29, 0.717) is 6.54 Å². The van der Waals surface area contributed by atoms with E-state index in [2.05, 4.69) is 5.32 Å². The number of benzene rings is 1. The normalized spacial score (nSPS) is 18.7. The quantitative estimate of drug-likeness (QED) is 0.892. The van der Waals surface area contributed by atoms with Crippen LogP contribution in [0.1, 0.15) is 5.56 Å². The molecule has 0 spiro atoms. The number of carbonyl (C=O) groups is 1. The molecule has 18 heavy (non-hydrogen) atoms. The molecule has 1 aromatic rings. The van der Waals surface area contributed by atoms with E-state index in [1.54, 1.807) is 23.8 Å². The van der Waals surface area contributed by atoms with Crippen LogP contribution < -0.4 is 10.1 Å². The average Bonchev–Trinajstić information content (AvgIpc) is 2.92. The molecule has 1 saturated heterocycles. The summed E-state index contributed by atoms with van der Waals surface area (Å²) in [5, 5.41) is 3.19. The summed E-state index contributed by atoms with van der Waals surface area (Å²) in [6.45, 7) is 0.610. The molecule has 0 radical (unpaired) electrons. The zero-order valence-electron chi connectivity index (χ0n) is 10.7. The van der Waals surface area contributed by atoms with Gasteiger partial charge in [0.05, 0.1) is 13.2 Å². The van der Waals surface area contributed by atoms with E-state index in [4.69, 9.17) is 4.74 Å². The lowest BCUT2D eigenvalue weighted by atomic mass is 10.2. The monoisotopic (exact) mass is 266 g/mol. The van der Waals surface area contributed by atoms with Gasteiger partial charge in [-0.15, -0.1) is 11.8 Å². The second kappa shape index (κ2) is 6.11. The van der Waals surface area contributed by atoms with Crippen LogP contribution in [-0.4, -0.2) is 42.6 Å². The van der Waals surface area contributed by atoms with E-state index in [1.807, 2.05) is 31.3 Å². The predicted molar refractivity (Wildman–Crippen MR) is 73.7 cm³/mol. The lowest BCUT2D eigenvalue weighted by molar-refractivity contribution is -0.131. The van der Waals surface area contributed by atoms with Crippen molar-refractivity contribution < 1.29 is 9.53 Å². The van der Waals surface area contributed by atoms with Crippen LogP contribution >= 0.6 is 11.8 Å². The minimum Gasteiger partial charge on any atom is -0.497 e. The Labute approximate surface area is 112 Å². The van der Waals surface area contributed by atoms with E-state index in [9.17, 15) is 4.79 Å². The van der Waals surface area contributed by atoms with E-state index in [0.717, 1.165) is 22.9 Å². The Bertz CT molecular complexity index is 419. The second-order valence-corrected chi connectivity index (χ2v) is 5.35. The van der Waals surface area contributed by atoms with Crippen molar-refractivity contribution in [2.45, 2.75) is 12.6 Å². The third kappa shape index (κ3) is 3.17. The molecule has 1 aromatic carbocycles. The number of rotatable bonds is 4. The molecule has 1 N–H and O–H groups in total. The molecule has 4 nitrogen and oxygen atoms in total. The fourth-order valence-corrected chi connectivity index (χ4v) is 2.88. The summed E-state index contributed by atoms with van der Waals surface area (Å²) < 4.78 is 5.18. The van der Waals surface area contributed by atoms with Gasteiger partial charge in [0.1, 0.15) is 5.75 Å². The molecule has 5 heteroatoms. The average molecular weight is 266 g/mol. The van der Waals surface area contributed by atoms with Gasteiger partial charge in [-0.2, -0.15) is 0 Å². The number of hydrogen-bond donors (Lipinski definition) is 1. The molecule has 98 valence electrons. The van der Waals surface area contributed by atoms with Crippen molar-refractivity contribution in [3.05, 3.63) is 29.8 Å². The minimum absolute atomic E-state index is 0.0365. The van der Waals surface area contributed by atoms with Gasteiger partial charge in [0.25, 0.3) is 0 Å². The Balaban J connectivity index is 1.97. The number of ether oxygens (including phenoxy) is 1. The van der Waals surface area contributed by atoms with Crippen molar-refractivity contribution in [1.29, 1.82) is 0 Å². The highest BCUT2D eigenvalue weighted by Gasteiger charge is 2.25. The molecular formula is C13H18N2O2S. The van der Waals surface area contributed by atoms with E-state index < -0.39 is 0 Å². The second-order valence-electron chi connectivity index (χ2n) is 4.32. The van der Waals surface area contributed by atoms with Gasteiger partial charge >= 0.3 is 0 Å². The van der Waals surface area contributed by atoms with Crippen molar-refractivity contribution >= 4 is 17.7 Å². The van der Waals surface area contributed by atoms with Gasteiger partial charge < -0.3 is 9.64 Å². The molecule has 2 rings (SSSR count). The highest BCUT2D eigenvalue weighted by atomic mass is 32.2. The zero-order valence-corrected chi connectivity index (χ0v) is 11.5. The summed E-state index contributed by atoms with van der Waals surface area (Å²) in [6, 6.07) is 7.77. The van der Waals surface area contributed by atoms with E-state index in [-0.39, 0.29) is 11.9 Å². The summed E-state index contributed by atoms with van der Waals surface area (Å²) in [6.07, 6.45) is 0. The van der Waals surface area contributed by atoms with Crippen molar-refractivity contribution in [1.82, 2.24) is 10.2 Å². The van der Waals surface area contributed by atoms with Gasteiger partial charge in [0.2, 0.25) is 5.91 Å². The first-order valence-electron chi connectivity index (χ1n) is 5.89. The molecule has 1 atom stereocenters. The number of carbonyl (C=O) groups excluding carboxylic acids is 1. The molecule has 0 bridgehead atoms. The third-order valence-electron chi connectivity index (χ3n) is 2.94. The summed E-state index contributed by atoms with van der Waals surface area (Å²) in [5.41, 5.74) is 1.08. The van der Waals surface area contributed by atoms with Gasteiger partial charge in [0.15, 0.2) is 0 Å². The Morgan fingerprint density at radius 3 is 3.11 bits per heavy atom. The number of hydrogen-bond acceptors (Lipinski definition) is 4. The Morgan fingerprint density at radius 2 is 2.44 bits per heavy atom. The van der Waals surface area contributed by atoms with Crippen molar-refractivity contribution in [2.75, 3.05) is 25.8 Å². The van der Waals surface area contributed by atoms with Crippen LogP contribution in [0.25, 0.3) is 0 Å². The van der Waals surface area contributed by atoms with Gasteiger partial charge in [-0.1, -0.05) is 12.1 Å². The van der Waals surface area contributed by atoms with Gasteiger partial charge in [-0.05, 0) is 17.7 Å². The Kier molecular flexibility index (Phi) is 4.49. The maximum Gasteiger partial charge on any atom is 0.240 e. The number of nitrogens with zero attached hydrogens (tertiary/aromatic N) is 1. The Hall–Kier alpha value is -1.20. The van der Waals surface area contributed by atoms with Crippen LogP contribution in [0.2, 0.25) is 0 Å². The third-order valence-corrected chi connectivity index (χ3v) is 3.88. The van der Waals surface area contributed by atoms with Crippen LogP contribution in [0.4, 0.5) is 0 Å². The molecule has 0 saturated carbocycles. The number of thioether (sulfide) groups is 1. The lowest BCUT2D eigenvalue weighted by Crippen LogP contribution is -2.42. The Morgan fingerprint density at radius 1 is 1.61 bits per heavy atom. The van der Waals surface area contributed by atoms with Crippen LogP contribution in [0.15, 0.2) is 24.3 Å². The molecule has 1 unspecified atom stereocenters. The standard InChI is InChI=1S/C13H18N2O2S/c1-15(13(16)12-8-18-9-14-12)7-10-4-3-5-11(6-10)17-2/h3-6,12,14H,7-9H2,1-2H3. The summed E-state index contributed by atoms with van der Waals surface area (Å²) in [7, 11) is 3.49. The highest BCUT2D eigenvalue weighted by molar-refractivity contribution is 7.99. The van der Waals surface area contributed by atoms with Crippen LogP contribution in [-0.2, 0) is 11.3 Å². The SMILES string of the molecule is COc1cccc(CN(C)C(=O)C2CSCN2)c1. The molecule has 1 aliphatic rings. The van der Waals surface area contributed by atoms with E-state index >= 15 is 0 Å². The highest BCUT2D eigenvalue weighted by Crippen LogP contribution is 2.16. The first kappa shape index (κ1) is 13.2. The first-order chi connectivity index (χ1) is 8.70. The zero-order chi connectivity index (χ0) is 13.0. The minimum atomic E-state index is -0.0365.